The van der Waals surface area contributed by atoms with E-state index in [0.29, 0.717) is 24.3 Å². The van der Waals surface area contributed by atoms with Gasteiger partial charge in [0.15, 0.2) is 5.78 Å². The summed E-state index contributed by atoms with van der Waals surface area (Å²) >= 11 is 6.19. The molecule has 1 aliphatic heterocycles. The summed E-state index contributed by atoms with van der Waals surface area (Å²) < 4.78 is 27.6. The van der Waals surface area contributed by atoms with Crippen LogP contribution in [0.5, 0.6) is 0 Å². The highest BCUT2D eigenvalue weighted by molar-refractivity contribution is 7.89. The van der Waals surface area contributed by atoms with E-state index in [1.807, 2.05) is 6.92 Å². The fourth-order valence-electron chi connectivity index (χ4n) is 3.44. The van der Waals surface area contributed by atoms with Crippen molar-refractivity contribution in [3.8, 4) is 0 Å². The average Bonchev–Trinajstić information content (AvgIpc) is 2.68. The number of nitrogens with one attached hydrogen (secondary N) is 1. The van der Waals surface area contributed by atoms with Crippen molar-refractivity contribution in [3.63, 3.8) is 0 Å². The van der Waals surface area contributed by atoms with Crippen molar-refractivity contribution >= 4 is 39.0 Å². The van der Waals surface area contributed by atoms with Gasteiger partial charge in [-0.25, -0.2) is 8.42 Å². The lowest BCUT2D eigenvalue weighted by Crippen LogP contribution is -2.39. The molecule has 0 aliphatic carbocycles. The van der Waals surface area contributed by atoms with Crippen LogP contribution in [0.15, 0.2) is 47.4 Å². The molecule has 29 heavy (non-hydrogen) atoms. The van der Waals surface area contributed by atoms with Crippen molar-refractivity contribution in [2.75, 3.05) is 18.4 Å². The second kappa shape index (κ2) is 8.65. The molecule has 0 spiro atoms. The van der Waals surface area contributed by atoms with Gasteiger partial charge in [-0.05, 0) is 56.0 Å². The van der Waals surface area contributed by atoms with Gasteiger partial charge in [-0.15, -0.1) is 0 Å². The van der Waals surface area contributed by atoms with Crippen LogP contribution in [0.4, 0.5) is 5.69 Å². The molecule has 8 heteroatoms. The number of nitrogens with zero attached hydrogens (tertiary/aromatic N) is 1. The van der Waals surface area contributed by atoms with E-state index in [2.05, 4.69) is 5.32 Å². The van der Waals surface area contributed by atoms with E-state index in [4.69, 9.17) is 11.6 Å². The molecule has 1 atom stereocenters. The van der Waals surface area contributed by atoms with Gasteiger partial charge in [-0.1, -0.05) is 30.7 Å². The van der Waals surface area contributed by atoms with Crippen LogP contribution in [0.3, 0.4) is 0 Å². The standard InChI is InChI=1S/C21H23ClN2O4S/c1-14-6-5-11-24(13-14)29(27,28)20-12-16(9-10-18(20)22)21(26)23-19-8-4-3-7-17(19)15(2)25/h3-4,7-10,12,14H,5-6,11,13H2,1-2H3,(H,23,26). The normalized spacial score (nSPS) is 17.7. The summed E-state index contributed by atoms with van der Waals surface area (Å²) in [6.07, 6.45) is 1.78. The van der Waals surface area contributed by atoms with Crippen LogP contribution in [0.25, 0.3) is 0 Å². The molecule has 154 valence electrons. The van der Waals surface area contributed by atoms with E-state index in [1.165, 1.54) is 29.4 Å². The van der Waals surface area contributed by atoms with Gasteiger partial charge in [0.25, 0.3) is 5.91 Å². The first-order chi connectivity index (χ1) is 13.7. The number of piperidine rings is 1. The number of carbonyl (C=O) groups excluding carboxylic acids is 2. The summed E-state index contributed by atoms with van der Waals surface area (Å²) in [6.45, 7) is 4.30. The fraction of sp³-hybridized carbons (Fsp3) is 0.333. The number of rotatable bonds is 5. The molecule has 1 unspecified atom stereocenters. The number of para-hydroxylation sites is 1. The molecule has 0 saturated carbocycles. The first-order valence-corrected chi connectivity index (χ1v) is 11.2. The van der Waals surface area contributed by atoms with Crippen molar-refractivity contribution < 1.29 is 18.0 Å². The number of ketones is 1. The number of benzene rings is 2. The zero-order chi connectivity index (χ0) is 21.2. The molecule has 0 aromatic heterocycles. The minimum Gasteiger partial charge on any atom is -0.321 e. The minimum absolute atomic E-state index is 0.0731. The molecule has 6 nitrogen and oxygen atoms in total. The second-order valence-corrected chi connectivity index (χ2v) is 9.63. The molecule has 1 heterocycles. The van der Waals surface area contributed by atoms with Crippen LogP contribution in [-0.2, 0) is 10.0 Å². The predicted molar refractivity (Wildman–Crippen MR) is 113 cm³/mol. The number of hydrogen-bond donors (Lipinski definition) is 1. The Balaban J connectivity index is 1.91. The SMILES string of the molecule is CC(=O)c1ccccc1NC(=O)c1ccc(Cl)c(S(=O)(=O)N2CCCC(C)C2)c1. The highest BCUT2D eigenvalue weighted by Gasteiger charge is 2.31. The maximum absolute atomic E-state index is 13.1. The van der Waals surface area contributed by atoms with Gasteiger partial charge >= 0.3 is 0 Å². The van der Waals surface area contributed by atoms with Crippen LogP contribution in [-0.4, -0.2) is 37.5 Å². The number of sulfonamides is 1. The maximum Gasteiger partial charge on any atom is 0.255 e. The molecule has 1 amide bonds. The number of amides is 1. The summed E-state index contributed by atoms with van der Waals surface area (Å²) in [6, 6.07) is 10.8. The molecule has 1 aliphatic rings. The first-order valence-electron chi connectivity index (χ1n) is 9.41. The summed E-state index contributed by atoms with van der Waals surface area (Å²) in [4.78, 5) is 24.4. The van der Waals surface area contributed by atoms with Gasteiger partial charge in [-0.2, -0.15) is 4.31 Å². The molecule has 1 saturated heterocycles. The largest absolute Gasteiger partial charge is 0.321 e. The van der Waals surface area contributed by atoms with Crippen LogP contribution in [0.1, 0.15) is 47.4 Å². The zero-order valence-electron chi connectivity index (χ0n) is 16.3. The van der Waals surface area contributed by atoms with Gasteiger partial charge in [0.1, 0.15) is 4.90 Å². The lowest BCUT2D eigenvalue weighted by Gasteiger charge is -2.30. The Hall–Kier alpha value is -2.22. The third-order valence-corrected chi connectivity index (χ3v) is 7.33. The van der Waals surface area contributed by atoms with E-state index in [0.717, 1.165) is 12.8 Å². The molecule has 0 bridgehead atoms. The lowest BCUT2D eigenvalue weighted by atomic mass is 10.0. The van der Waals surface area contributed by atoms with Crippen LogP contribution >= 0.6 is 11.6 Å². The second-order valence-electron chi connectivity index (χ2n) is 7.31. The van der Waals surface area contributed by atoms with Gasteiger partial charge in [0.05, 0.1) is 10.7 Å². The Bertz CT molecular complexity index is 1050. The molecule has 2 aromatic rings. The van der Waals surface area contributed by atoms with Gasteiger partial charge in [0, 0.05) is 24.2 Å². The zero-order valence-corrected chi connectivity index (χ0v) is 17.9. The van der Waals surface area contributed by atoms with Crippen LogP contribution in [0, 0.1) is 5.92 Å². The number of Topliss-reactive ketones (excluding diaryl/α,β-unsaturated/α-hetero) is 1. The highest BCUT2D eigenvalue weighted by atomic mass is 35.5. The van der Waals surface area contributed by atoms with Crippen molar-refractivity contribution in [2.24, 2.45) is 5.92 Å². The Kier molecular flexibility index (Phi) is 6.41. The first kappa shape index (κ1) is 21.5. The van der Waals surface area contributed by atoms with E-state index in [9.17, 15) is 18.0 Å². The summed E-state index contributed by atoms with van der Waals surface area (Å²) in [5.74, 6) is -0.426. The molecule has 1 N–H and O–H groups in total. The van der Waals surface area contributed by atoms with Crippen LogP contribution in [0.2, 0.25) is 5.02 Å². The molecule has 3 rings (SSSR count). The Morgan fingerprint density at radius 3 is 2.59 bits per heavy atom. The average molecular weight is 435 g/mol. The Labute approximate surface area is 175 Å². The van der Waals surface area contributed by atoms with Crippen LogP contribution < -0.4 is 5.32 Å². The third kappa shape index (κ3) is 4.69. The summed E-state index contributed by atoms with van der Waals surface area (Å²) in [5.41, 5.74) is 0.899. The number of halogens is 1. The highest BCUT2D eigenvalue weighted by Crippen LogP contribution is 2.29. The summed E-state index contributed by atoms with van der Waals surface area (Å²) in [7, 11) is -3.81. The number of hydrogen-bond acceptors (Lipinski definition) is 4. The number of anilines is 1. The quantitative estimate of drug-likeness (QED) is 0.714. The maximum atomic E-state index is 13.1. The third-order valence-electron chi connectivity index (χ3n) is 4.99. The Morgan fingerprint density at radius 2 is 1.90 bits per heavy atom. The smallest absolute Gasteiger partial charge is 0.255 e. The van der Waals surface area contributed by atoms with E-state index in [1.54, 1.807) is 24.3 Å². The van der Waals surface area contributed by atoms with Crippen molar-refractivity contribution in [1.82, 2.24) is 4.31 Å². The fourth-order valence-corrected chi connectivity index (χ4v) is 5.54. The van der Waals surface area contributed by atoms with Crippen molar-refractivity contribution in [3.05, 3.63) is 58.6 Å². The topological polar surface area (TPSA) is 83.5 Å². The summed E-state index contributed by atoms with van der Waals surface area (Å²) in [5, 5.41) is 2.75. The predicted octanol–water partition coefficient (Wildman–Crippen LogP) is 4.22. The molecule has 2 aromatic carbocycles. The monoisotopic (exact) mass is 434 g/mol. The van der Waals surface area contributed by atoms with E-state index >= 15 is 0 Å². The van der Waals surface area contributed by atoms with Gasteiger partial charge < -0.3 is 5.32 Å². The van der Waals surface area contributed by atoms with Crippen molar-refractivity contribution in [1.29, 1.82) is 0 Å². The minimum atomic E-state index is -3.81. The molecular formula is C21H23ClN2O4S. The molecule has 1 fully saturated rings. The number of carbonyl (C=O) groups is 2. The van der Waals surface area contributed by atoms with Crippen molar-refractivity contribution in [2.45, 2.75) is 31.6 Å². The van der Waals surface area contributed by atoms with E-state index in [-0.39, 0.29) is 27.2 Å². The van der Waals surface area contributed by atoms with E-state index < -0.39 is 15.9 Å². The molecule has 0 radical (unpaired) electrons. The van der Waals surface area contributed by atoms with Gasteiger partial charge in [0.2, 0.25) is 10.0 Å². The van der Waals surface area contributed by atoms with Gasteiger partial charge in [-0.3, -0.25) is 9.59 Å². The molecular weight excluding hydrogens is 412 g/mol. The Morgan fingerprint density at radius 1 is 1.17 bits per heavy atom. The lowest BCUT2D eigenvalue weighted by molar-refractivity contribution is 0.101.